The molecule has 14 heavy (non-hydrogen) atoms. The van der Waals surface area contributed by atoms with Crippen LogP contribution in [0.1, 0.15) is 23.2 Å². The number of ketones is 1. The number of carboxylic acid groups (broad SMARTS) is 1. The fraction of sp³-hybridized carbons (Fsp3) is 0.200. The molecular formula is C10H11NaO3. The van der Waals surface area contributed by atoms with Crippen molar-refractivity contribution in [2.24, 2.45) is 0 Å². The van der Waals surface area contributed by atoms with Gasteiger partial charge in [-0.1, -0.05) is 30.3 Å². The Balaban J connectivity index is 0.00000169. The normalized spacial score (nSPS) is 8.86. The SMILES string of the molecule is O=C(O)CCC(=O)c1ccccc1.[NaH]. The van der Waals surface area contributed by atoms with E-state index in [0.717, 1.165) is 0 Å². The van der Waals surface area contributed by atoms with Crippen molar-refractivity contribution in [3.63, 3.8) is 0 Å². The third-order valence-corrected chi connectivity index (χ3v) is 1.66. The number of benzene rings is 1. The second-order valence-corrected chi connectivity index (χ2v) is 2.68. The molecule has 1 N–H and O–H groups in total. The van der Waals surface area contributed by atoms with E-state index in [1.807, 2.05) is 6.07 Å². The van der Waals surface area contributed by atoms with Crippen LogP contribution in [0.2, 0.25) is 0 Å². The average Bonchev–Trinajstić information content (AvgIpc) is 2.15. The van der Waals surface area contributed by atoms with Crippen LogP contribution in [0.15, 0.2) is 30.3 Å². The van der Waals surface area contributed by atoms with E-state index in [9.17, 15) is 9.59 Å². The van der Waals surface area contributed by atoms with Gasteiger partial charge in [-0.05, 0) is 0 Å². The molecule has 0 heterocycles. The number of carboxylic acids is 1. The van der Waals surface area contributed by atoms with Crippen molar-refractivity contribution >= 4 is 41.3 Å². The summed E-state index contributed by atoms with van der Waals surface area (Å²) in [6.45, 7) is 0. The summed E-state index contributed by atoms with van der Waals surface area (Å²) < 4.78 is 0. The standard InChI is InChI=1S/C10H10O3.Na.H/c11-9(6-7-10(12)13)8-4-2-1-3-5-8;;/h1-5H,6-7H2,(H,12,13);;. The van der Waals surface area contributed by atoms with Crippen LogP contribution in [0.25, 0.3) is 0 Å². The maximum atomic E-state index is 11.3. The Morgan fingerprint density at radius 3 is 2.14 bits per heavy atom. The fourth-order valence-electron chi connectivity index (χ4n) is 0.989. The van der Waals surface area contributed by atoms with Gasteiger partial charge in [0.25, 0.3) is 0 Å². The van der Waals surface area contributed by atoms with Crippen LogP contribution in [0.4, 0.5) is 0 Å². The molecule has 0 saturated carbocycles. The van der Waals surface area contributed by atoms with E-state index in [2.05, 4.69) is 0 Å². The summed E-state index contributed by atoms with van der Waals surface area (Å²) in [5.74, 6) is -1.06. The van der Waals surface area contributed by atoms with E-state index in [4.69, 9.17) is 5.11 Å². The Morgan fingerprint density at radius 1 is 1.07 bits per heavy atom. The Kier molecular flexibility index (Phi) is 6.45. The zero-order valence-electron chi connectivity index (χ0n) is 7.06. The van der Waals surface area contributed by atoms with Gasteiger partial charge in [0.15, 0.2) is 5.78 Å². The van der Waals surface area contributed by atoms with E-state index in [0.29, 0.717) is 5.56 Å². The van der Waals surface area contributed by atoms with Gasteiger partial charge in [-0.3, -0.25) is 9.59 Å². The molecule has 0 fully saturated rings. The van der Waals surface area contributed by atoms with E-state index >= 15 is 0 Å². The first-order valence-corrected chi connectivity index (χ1v) is 4.00. The summed E-state index contributed by atoms with van der Waals surface area (Å²) in [6, 6.07) is 8.70. The molecular weight excluding hydrogens is 191 g/mol. The molecule has 0 aliphatic carbocycles. The average molecular weight is 202 g/mol. The van der Waals surface area contributed by atoms with Gasteiger partial charge in [0, 0.05) is 12.0 Å². The van der Waals surface area contributed by atoms with Crippen molar-refractivity contribution in [2.45, 2.75) is 12.8 Å². The Bertz CT molecular complexity index is 308. The van der Waals surface area contributed by atoms with Crippen molar-refractivity contribution in [1.82, 2.24) is 0 Å². The predicted octanol–water partition coefficient (Wildman–Crippen LogP) is 1.09. The predicted molar refractivity (Wildman–Crippen MR) is 54.8 cm³/mol. The van der Waals surface area contributed by atoms with Gasteiger partial charge < -0.3 is 5.11 Å². The molecule has 0 radical (unpaired) electrons. The quantitative estimate of drug-likeness (QED) is 0.587. The van der Waals surface area contributed by atoms with Crippen LogP contribution in [0.5, 0.6) is 0 Å². The van der Waals surface area contributed by atoms with Gasteiger partial charge in [0.05, 0.1) is 6.42 Å². The molecule has 0 spiro atoms. The number of rotatable bonds is 4. The number of carbonyl (C=O) groups excluding carboxylic acids is 1. The molecule has 0 bridgehead atoms. The van der Waals surface area contributed by atoms with Gasteiger partial charge in [0.1, 0.15) is 0 Å². The van der Waals surface area contributed by atoms with E-state index in [1.54, 1.807) is 24.3 Å². The molecule has 0 unspecified atom stereocenters. The Hall–Kier alpha value is -0.640. The fourth-order valence-corrected chi connectivity index (χ4v) is 0.989. The molecule has 0 aliphatic rings. The molecule has 0 amide bonds. The zero-order valence-corrected chi connectivity index (χ0v) is 7.06. The van der Waals surface area contributed by atoms with Gasteiger partial charge in [0.2, 0.25) is 0 Å². The van der Waals surface area contributed by atoms with Crippen molar-refractivity contribution in [3.05, 3.63) is 35.9 Å². The van der Waals surface area contributed by atoms with Crippen LogP contribution in [0.3, 0.4) is 0 Å². The molecule has 3 nitrogen and oxygen atoms in total. The first-order valence-electron chi connectivity index (χ1n) is 4.00. The minimum atomic E-state index is -0.940. The molecule has 70 valence electrons. The summed E-state index contributed by atoms with van der Waals surface area (Å²) >= 11 is 0. The van der Waals surface area contributed by atoms with Crippen LogP contribution < -0.4 is 0 Å². The number of carbonyl (C=O) groups is 2. The van der Waals surface area contributed by atoms with Crippen LogP contribution in [-0.2, 0) is 4.79 Å². The second-order valence-electron chi connectivity index (χ2n) is 2.68. The molecule has 1 rings (SSSR count). The minimum absolute atomic E-state index is 0. The Labute approximate surface area is 104 Å². The maximum absolute atomic E-state index is 11.3. The third kappa shape index (κ3) is 4.56. The van der Waals surface area contributed by atoms with Crippen molar-refractivity contribution in [3.8, 4) is 0 Å². The molecule has 4 heteroatoms. The van der Waals surface area contributed by atoms with Crippen molar-refractivity contribution in [1.29, 1.82) is 0 Å². The van der Waals surface area contributed by atoms with Crippen LogP contribution >= 0.6 is 0 Å². The third-order valence-electron chi connectivity index (χ3n) is 1.66. The van der Waals surface area contributed by atoms with Crippen LogP contribution in [-0.4, -0.2) is 46.4 Å². The summed E-state index contributed by atoms with van der Waals surface area (Å²) in [5.41, 5.74) is 0.573. The van der Waals surface area contributed by atoms with Gasteiger partial charge in [-0.2, -0.15) is 0 Å². The number of hydrogen-bond acceptors (Lipinski definition) is 2. The van der Waals surface area contributed by atoms with Gasteiger partial charge in [-0.25, -0.2) is 0 Å². The first kappa shape index (κ1) is 13.4. The number of hydrogen-bond donors (Lipinski definition) is 1. The van der Waals surface area contributed by atoms with E-state index in [1.165, 1.54) is 0 Å². The molecule has 0 saturated heterocycles. The van der Waals surface area contributed by atoms with E-state index in [-0.39, 0.29) is 48.2 Å². The monoisotopic (exact) mass is 202 g/mol. The van der Waals surface area contributed by atoms with Crippen molar-refractivity contribution in [2.75, 3.05) is 0 Å². The molecule has 0 aromatic heterocycles. The summed E-state index contributed by atoms with van der Waals surface area (Å²) in [6.07, 6.45) is -0.0346. The first-order chi connectivity index (χ1) is 6.20. The zero-order chi connectivity index (χ0) is 9.68. The number of Topliss-reactive ketones (excluding diaryl/α,β-unsaturated/α-hetero) is 1. The second kappa shape index (κ2) is 6.76. The summed E-state index contributed by atoms with van der Waals surface area (Å²) in [4.78, 5) is 21.5. The number of aliphatic carboxylic acids is 1. The molecule has 1 aromatic rings. The molecule has 1 aromatic carbocycles. The molecule has 0 atom stereocenters. The Morgan fingerprint density at radius 2 is 1.64 bits per heavy atom. The van der Waals surface area contributed by atoms with Gasteiger partial charge >= 0.3 is 35.5 Å². The summed E-state index contributed by atoms with van der Waals surface area (Å²) in [7, 11) is 0. The summed E-state index contributed by atoms with van der Waals surface area (Å²) in [5, 5.41) is 8.36. The van der Waals surface area contributed by atoms with Crippen molar-refractivity contribution < 1.29 is 14.7 Å². The topological polar surface area (TPSA) is 54.4 Å². The van der Waals surface area contributed by atoms with Gasteiger partial charge in [-0.15, -0.1) is 0 Å². The van der Waals surface area contributed by atoms with Crippen LogP contribution in [0, 0.1) is 0 Å². The molecule has 0 aliphatic heterocycles. The van der Waals surface area contributed by atoms with E-state index < -0.39 is 5.97 Å².